The van der Waals surface area contributed by atoms with E-state index in [4.69, 9.17) is 12.2 Å². The topological polar surface area (TPSA) is 69.3 Å². The number of piperidine rings is 1. The van der Waals surface area contributed by atoms with Gasteiger partial charge >= 0.3 is 6.18 Å². The van der Waals surface area contributed by atoms with E-state index < -0.39 is 18.1 Å². The predicted molar refractivity (Wildman–Crippen MR) is 100 cm³/mol. The highest BCUT2D eigenvalue weighted by Gasteiger charge is 2.44. The van der Waals surface area contributed by atoms with Crippen LogP contribution in [0.25, 0.3) is 0 Å². The SMILES string of the molecule is O=C1NC(=S)N(Cc2cccnc2[C@@H]2C[C@@H](C(F)(F)F)CCN2)C2CCNC12. The number of aromatic nitrogens is 1. The van der Waals surface area contributed by atoms with Crippen LogP contribution in [0.3, 0.4) is 0 Å². The summed E-state index contributed by atoms with van der Waals surface area (Å²) in [5.41, 5.74) is 1.45. The normalized spacial score (nSPS) is 30.9. The van der Waals surface area contributed by atoms with Gasteiger partial charge in [-0.2, -0.15) is 13.2 Å². The van der Waals surface area contributed by atoms with Crippen LogP contribution in [-0.4, -0.2) is 52.3 Å². The van der Waals surface area contributed by atoms with Crippen LogP contribution in [0.4, 0.5) is 13.2 Å². The molecule has 1 aromatic heterocycles. The number of rotatable bonds is 3. The molecule has 3 fully saturated rings. The molecule has 4 atom stereocenters. The zero-order valence-corrected chi connectivity index (χ0v) is 15.9. The van der Waals surface area contributed by atoms with Gasteiger partial charge in [0.05, 0.1) is 23.7 Å². The van der Waals surface area contributed by atoms with Crippen molar-refractivity contribution in [2.24, 2.45) is 5.92 Å². The number of hydrogen-bond donors (Lipinski definition) is 3. The lowest BCUT2D eigenvalue weighted by atomic mass is 9.88. The average Bonchev–Trinajstić information content (AvgIpc) is 3.15. The average molecular weight is 413 g/mol. The van der Waals surface area contributed by atoms with Crippen molar-refractivity contribution in [2.45, 2.75) is 50.1 Å². The fraction of sp³-hybridized carbons (Fsp3) is 0.611. The monoisotopic (exact) mass is 413 g/mol. The molecule has 1 amide bonds. The third-order valence-corrected chi connectivity index (χ3v) is 6.16. The maximum atomic E-state index is 13.2. The van der Waals surface area contributed by atoms with Gasteiger partial charge < -0.3 is 20.9 Å². The van der Waals surface area contributed by atoms with Crippen molar-refractivity contribution in [2.75, 3.05) is 13.1 Å². The Morgan fingerprint density at radius 1 is 1.25 bits per heavy atom. The smallest absolute Gasteiger partial charge is 0.339 e. The van der Waals surface area contributed by atoms with Gasteiger partial charge in [-0.25, -0.2) is 0 Å². The lowest BCUT2D eigenvalue weighted by Crippen LogP contribution is -2.63. The molecule has 0 aromatic carbocycles. The van der Waals surface area contributed by atoms with Crippen LogP contribution in [0.2, 0.25) is 0 Å². The molecular formula is C18H22F3N5OS. The van der Waals surface area contributed by atoms with E-state index in [9.17, 15) is 18.0 Å². The van der Waals surface area contributed by atoms with Crippen LogP contribution in [0.5, 0.6) is 0 Å². The summed E-state index contributed by atoms with van der Waals surface area (Å²) in [6.45, 7) is 1.43. The zero-order valence-electron chi connectivity index (χ0n) is 15.1. The van der Waals surface area contributed by atoms with Crippen molar-refractivity contribution in [3.8, 4) is 0 Å². The number of fused-ring (bicyclic) bond motifs is 1. The maximum absolute atomic E-state index is 13.2. The van der Waals surface area contributed by atoms with Gasteiger partial charge in [0.15, 0.2) is 5.11 Å². The molecule has 3 aliphatic heterocycles. The minimum absolute atomic E-state index is 0.0255. The van der Waals surface area contributed by atoms with E-state index in [1.165, 1.54) is 0 Å². The highest BCUT2D eigenvalue weighted by atomic mass is 32.1. The molecule has 3 saturated heterocycles. The Balaban J connectivity index is 1.56. The fourth-order valence-corrected chi connectivity index (χ4v) is 4.69. The molecule has 1 aromatic rings. The standard InChI is InChI=1S/C18H22F3N5OS/c19-18(20,21)11-3-6-22-12(8-11)14-10(2-1-5-23-14)9-26-13-4-7-24-15(13)16(27)25-17(26)28/h1-2,5,11-13,15,22,24H,3-4,6-9H2,(H,25,27,28)/t11-,12-,13?,15?/m0/s1. The van der Waals surface area contributed by atoms with E-state index in [1.807, 2.05) is 11.0 Å². The second-order valence-corrected chi connectivity index (χ2v) is 7.91. The largest absolute Gasteiger partial charge is 0.391 e. The summed E-state index contributed by atoms with van der Waals surface area (Å²) < 4.78 is 39.7. The van der Waals surface area contributed by atoms with Crippen LogP contribution in [0.1, 0.15) is 36.6 Å². The number of alkyl halides is 3. The maximum Gasteiger partial charge on any atom is 0.391 e. The first-order valence-electron chi connectivity index (χ1n) is 9.43. The summed E-state index contributed by atoms with van der Waals surface area (Å²) in [5, 5.41) is 9.44. The first-order valence-corrected chi connectivity index (χ1v) is 9.84. The number of pyridine rings is 1. The molecular weight excluding hydrogens is 391 g/mol. The summed E-state index contributed by atoms with van der Waals surface area (Å²) in [5.74, 6) is -1.45. The molecule has 2 unspecified atom stereocenters. The van der Waals surface area contributed by atoms with Crippen molar-refractivity contribution in [1.29, 1.82) is 0 Å². The third kappa shape index (κ3) is 3.72. The molecule has 3 aliphatic rings. The molecule has 6 nitrogen and oxygen atoms in total. The van der Waals surface area contributed by atoms with Gasteiger partial charge in [0.2, 0.25) is 5.91 Å². The van der Waals surface area contributed by atoms with E-state index in [0.717, 1.165) is 18.5 Å². The second kappa shape index (κ2) is 7.57. The van der Waals surface area contributed by atoms with Gasteiger partial charge in [0.25, 0.3) is 0 Å². The summed E-state index contributed by atoms with van der Waals surface area (Å²) in [6.07, 6.45) is -1.75. The van der Waals surface area contributed by atoms with E-state index in [1.54, 1.807) is 12.3 Å². The number of thiocarbonyl (C=S) groups is 1. The van der Waals surface area contributed by atoms with Crippen LogP contribution < -0.4 is 16.0 Å². The number of nitrogens with one attached hydrogen (secondary N) is 3. The molecule has 152 valence electrons. The summed E-state index contributed by atoms with van der Waals surface area (Å²) in [6, 6.07) is 2.81. The van der Waals surface area contributed by atoms with Crippen molar-refractivity contribution < 1.29 is 18.0 Å². The van der Waals surface area contributed by atoms with Crippen molar-refractivity contribution in [3.05, 3.63) is 29.6 Å². The molecule has 0 aliphatic carbocycles. The Bertz CT molecular complexity index is 774. The Kier molecular flexibility index (Phi) is 5.28. The minimum Gasteiger partial charge on any atom is -0.339 e. The van der Waals surface area contributed by atoms with Gasteiger partial charge in [-0.1, -0.05) is 6.07 Å². The van der Waals surface area contributed by atoms with E-state index in [0.29, 0.717) is 23.9 Å². The van der Waals surface area contributed by atoms with Crippen LogP contribution in [0, 0.1) is 5.92 Å². The number of carbonyl (C=O) groups excluding carboxylic acids is 1. The van der Waals surface area contributed by atoms with Crippen molar-refractivity contribution in [3.63, 3.8) is 0 Å². The lowest BCUT2D eigenvalue weighted by molar-refractivity contribution is -0.183. The highest BCUT2D eigenvalue weighted by molar-refractivity contribution is 7.80. The second-order valence-electron chi connectivity index (χ2n) is 7.53. The summed E-state index contributed by atoms with van der Waals surface area (Å²) >= 11 is 5.38. The van der Waals surface area contributed by atoms with Crippen molar-refractivity contribution in [1.82, 2.24) is 25.8 Å². The molecule has 3 N–H and O–H groups in total. The number of halogens is 3. The molecule has 0 bridgehead atoms. The van der Waals surface area contributed by atoms with Crippen LogP contribution in [0.15, 0.2) is 18.3 Å². The first kappa shape index (κ1) is 19.5. The quantitative estimate of drug-likeness (QED) is 0.655. The lowest BCUT2D eigenvalue weighted by Gasteiger charge is -2.39. The summed E-state index contributed by atoms with van der Waals surface area (Å²) in [4.78, 5) is 18.5. The van der Waals surface area contributed by atoms with E-state index in [2.05, 4.69) is 20.9 Å². The molecule has 0 saturated carbocycles. The molecule has 4 rings (SSSR count). The van der Waals surface area contributed by atoms with Gasteiger partial charge in [-0.15, -0.1) is 0 Å². The first-order chi connectivity index (χ1) is 13.3. The highest BCUT2D eigenvalue weighted by Crippen LogP contribution is 2.38. The number of carbonyl (C=O) groups is 1. The number of nitrogens with zero attached hydrogens (tertiary/aromatic N) is 2. The van der Waals surface area contributed by atoms with Gasteiger partial charge in [0.1, 0.15) is 6.04 Å². The fourth-order valence-electron chi connectivity index (χ4n) is 4.39. The van der Waals surface area contributed by atoms with Crippen LogP contribution >= 0.6 is 12.2 Å². The van der Waals surface area contributed by atoms with E-state index in [-0.39, 0.29) is 30.8 Å². The Hall–Kier alpha value is -1.78. The molecule has 4 heterocycles. The van der Waals surface area contributed by atoms with Gasteiger partial charge in [-0.3, -0.25) is 9.78 Å². The van der Waals surface area contributed by atoms with Crippen molar-refractivity contribution >= 4 is 23.2 Å². The molecule has 0 spiro atoms. The van der Waals surface area contributed by atoms with E-state index >= 15 is 0 Å². The number of hydrogen-bond acceptors (Lipinski definition) is 5. The van der Waals surface area contributed by atoms with Crippen LogP contribution in [-0.2, 0) is 11.3 Å². The van der Waals surface area contributed by atoms with Gasteiger partial charge in [0, 0.05) is 12.7 Å². The molecule has 10 heteroatoms. The zero-order chi connectivity index (χ0) is 19.9. The number of amides is 1. The minimum atomic E-state index is -4.20. The summed E-state index contributed by atoms with van der Waals surface area (Å²) in [7, 11) is 0. The Labute approximate surface area is 166 Å². The Morgan fingerprint density at radius 3 is 2.82 bits per heavy atom. The predicted octanol–water partition coefficient (Wildman–Crippen LogP) is 1.63. The molecule has 0 radical (unpaired) electrons. The van der Waals surface area contributed by atoms with Gasteiger partial charge in [-0.05, 0) is 56.2 Å². The third-order valence-electron chi connectivity index (χ3n) is 5.83. The molecule has 28 heavy (non-hydrogen) atoms. The Morgan fingerprint density at radius 2 is 2.04 bits per heavy atom.